The standard InChI is InChI=1S/C13H26O/c1-10(7-12(3,4)5)13(6)8-11(2)14-9-13/h10-11H,7-9H2,1-6H3. The van der Waals surface area contributed by atoms with E-state index >= 15 is 0 Å². The molecule has 3 atom stereocenters. The molecule has 0 aliphatic carbocycles. The van der Waals surface area contributed by atoms with Crippen molar-refractivity contribution < 1.29 is 4.74 Å². The van der Waals surface area contributed by atoms with Crippen LogP contribution in [0.4, 0.5) is 0 Å². The van der Waals surface area contributed by atoms with Gasteiger partial charge in [0.25, 0.3) is 0 Å². The van der Waals surface area contributed by atoms with Crippen LogP contribution in [0.15, 0.2) is 0 Å². The van der Waals surface area contributed by atoms with Crippen molar-refractivity contribution >= 4 is 0 Å². The molecule has 1 aliphatic heterocycles. The lowest BCUT2D eigenvalue weighted by Crippen LogP contribution is -2.29. The molecule has 0 N–H and O–H groups in total. The van der Waals surface area contributed by atoms with Crippen LogP contribution in [-0.4, -0.2) is 12.7 Å². The van der Waals surface area contributed by atoms with E-state index in [0.717, 1.165) is 12.5 Å². The Morgan fingerprint density at radius 3 is 2.36 bits per heavy atom. The highest BCUT2D eigenvalue weighted by atomic mass is 16.5. The van der Waals surface area contributed by atoms with Crippen molar-refractivity contribution in [1.29, 1.82) is 0 Å². The molecular formula is C13H26O. The van der Waals surface area contributed by atoms with Gasteiger partial charge in [-0.3, -0.25) is 0 Å². The second-order valence-corrected chi connectivity index (χ2v) is 6.65. The first-order valence-electron chi connectivity index (χ1n) is 5.84. The summed E-state index contributed by atoms with van der Waals surface area (Å²) in [5, 5.41) is 0. The first-order valence-corrected chi connectivity index (χ1v) is 5.84. The molecule has 1 rings (SSSR count). The van der Waals surface area contributed by atoms with E-state index < -0.39 is 0 Å². The summed E-state index contributed by atoms with van der Waals surface area (Å²) in [5.41, 5.74) is 0.848. The van der Waals surface area contributed by atoms with Crippen LogP contribution in [0, 0.1) is 16.7 Å². The molecule has 0 saturated carbocycles. The summed E-state index contributed by atoms with van der Waals surface area (Å²) in [6.07, 6.45) is 2.98. The van der Waals surface area contributed by atoms with E-state index in [1.165, 1.54) is 12.8 Å². The molecule has 3 unspecified atom stereocenters. The summed E-state index contributed by atoms with van der Waals surface area (Å²) in [5.74, 6) is 0.757. The van der Waals surface area contributed by atoms with Gasteiger partial charge >= 0.3 is 0 Å². The Bertz CT molecular complexity index is 192. The molecule has 0 spiro atoms. The molecule has 0 aromatic rings. The van der Waals surface area contributed by atoms with E-state index in [1.54, 1.807) is 0 Å². The highest BCUT2D eigenvalue weighted by molar-refractivity contribution is 4.88. The molecule has 1 saturated heterocycles. The summed E-state index contributed by atoms with van der Waals surface area (Å²) >= 11 is 0. The Morgan fingerprint density at radius 2 is 2.00 bits per heavy atom. The van der Waals surface area contributed by atoms with Gasteiger partial charge in [0.2, 0.25) is 0 Å². The Kier molecular flexibility index (Phi) is 3.30. The van der Waals surface area contributed by atoms with Crippen LogP contribution in [0.2, 0.25) is 0 Å². The SMILES string of the molecule is CC1CC(C)(C(C)CC(C)(C)C)CO1. The molecule has 0 aromatic carbocycles. The maximum atomic E-state index is 5.70. The van der Waals surface area contributed by atoms with Crippen molar-refractivity contribution in [1.82, 2.24) is 0 Å². The normalized spacial score (nSPS) is 36.0. The quantitative estimate of drug-likeness (QED) is 0.654. The maximum Gasteiger partial charge on any atom is 0.0553 e. The molecule has 1 heteroatoms. The Labute approximate surface area is 89.2 Å². The first-order chi connectivity index (χ1) is 6.23. The number of ether oxygens (including phenoxy) is 1. The molecule has 84 valence electrons. The summed E-state index contributed by atoms with van der Waals surface area (Å²) in [6, 6.07) is 0. The van der Waals surface area contributed by atoms with Gasteiger partial charge in [0.15, 0.2) is 0 Å². The van der Waals surface area contributed by atoms with Gasteiger partial charge in [-0.1, -0.05) is 34.6 Å². The maximum absolute atomic E-state index is 5.70. The Morgan fingerprint density at radius 1 is 1.43 bits per heavy atom. The second kappa shape index (κ2) is 3.84. The zero-order chi connectivity index (χ0) is 11.0. The molecular weight excluding hydrogens is 172 g/mol. The average molecular weight is 198 g/mol. The summed E-state index contributed by atoms with van der Waals surface area (Å²) in [7, 11) is 0. The Hall–Kier alpha value is -0.0400. The van der Waals surface area contributed by atoms with Crippen molar-refractivity contribution in [3.8, 4) is 0 Å². The van der Waals surface area contributed by atoms with E-state index in [0.29, 0.717) is 16.9 Å². The third-order valence-corrected chi connectivity index (χ3v) is 3.56. The summed E-state index contributed by atoms with van der Waals surface area (Å²) in [4.78, 5) is 0. The highest BCUT2D eigenvalue weighted by Gasteiger charge is 2.39. The highest BCUT2D eigenvalue weighted by Crippen LogP contribution is 2.43. The molecule has 1 nitrogen and oxygen atoms in total. The van der Waals surface area contributed by atoms with Crippen molar-refractivity contribution in [3.63, 3.8) is 0 Å². The largest absolute Gasteiger partial charge is 0.378 e. The molecule has 1 aliphatic rings. The van der Waals surface area contributed by atoms with E-state index in [4.69, 9.17) is 4.74 Å². The van der Waals surface area contributed by atoms with Gasteiger partial charge in [0.1, 0.15) is 0 Å². The lowest BCUT2D eigenvalue weighted by molar-refractivity contribution is 0.0834. The summed E-state index contributed by atoms with van der Waals surface area (Å²) in [6.45, 7) is 14.9. The predicted molar refractivity (Wildman–Crippen MR) is 61.4 cm³/mol. The lowest BCUT2D eigenvalue weighted by atomic mass is 9.70. The van der Waals surface area contributed by atoms with Crippen LogP contribution in [0.5, 0.6) is 0 Å². The minimum absolute atomic E-state index is 0.409. The van der Waals surface area contributed by atoms with E-state index in [9.17, 15) is 0 Å². The Balaban J connectivity index is 2.56. The van der Waals surface area contributed by atoms with Crippen LogP contribution >= 0.6 is 0 Å². The minimum Gasteiger partial charge on any atom is -0.378 e. The second-order valence-electron chi connectivity index (χ2n) is 6.65. The van der Waals surface area contributed by atoms with Crippen LogP contribution < -0.4 is 0 Å². The molecule has 1 heterocycles. The van der Waals surface area contributed by atoms with Gasteiger partial charge in [0, 0.05) is 0 Å². The number of hydrogen-bond acceptors (Lipinski definition) is 1. The van der Waals surface area contributed by atoms with Gasteiger partial charge in [-0.25, -0.2) is 0 Å². The average Bonchev–Trinajstić information content (AvgIpc) is 2.29. The molecule has 0 radical (unpaired) electrons. The van der Waals surface area contributed by atoms with Crippen LogP contribution in [0.1, 0.15) is 54.4 Å². The van der Waals surface area contributed by atoms with Crippen molar-refractivity contribution in [2.75, 3.05) is 6.61 Å². The third-order valence-electron chi connectivity index (χ3n) is 3.56. The molecule has 0 amide bonds. The van der Waals surface area contributed by atoms with Crippen molar-refractivity contribution in [2.24, 2.45) is 16.7 Å². The fourth-order valence-electron chi connectivity index (χ4n) is 2.62. The minimum atomic E-state index is 0.409. The monoisotopic (exact) mass is 198 g/mol. The van der Waals surface area contributed by atoms with Gasteiger partial charge in [0.05, 0.1) is 12.7 Å². The fraction of sp³-hybridized carbons (Fsp3) is 1.00. The smallest absolute Gasteiger partial charge is 0.0553 e. The molecule has 0 bridgehead atoms. The van der Waals surface area contributed by atoms with E-state index in [1.807, 2.05) is 0 Å². The van der Waals surface area contributed by atoms with E-state index in [-0.39, 0.29) is 0 Å². The molecule has 1 fully saturated rings. The summed E-state index contributed by atoms with van der Waals surface area (Å²) < 4.78 is 5.70. The van der Waals surface area contributed by atoms with Crippen LogP contribution in [0.3, 0.4) is 0 Å². The lowest BCUT2D eigenvalue weighted by Gasteiger charge is -2.34. The molecule has 14 heavy (non-hydrogen) atoms. The third kappa shape index (κ3) is 2.98. The van der Waals surface area contributed by atoms with Crippen LogP contribution in [0.25, 0.3) is 0 Å². The van der Waals surface area contributed by atoms with E-state index in [2.05, 4.69) is 41.5 Å². The molecule has 0 aromatic heterocycles. The van der Waals surface area contributed by atoms with Gasteiger partial charge < -0.3 is 4.74 Å². The topological polar surface area (TPSA) is 9.23 Å². The van der Waals surface area contributed by atoms with Crippen molar-refractivity contribution in [2.45, 2.75) is 60.5 Å². The number of rotatable bonds is 2. The number of hydrogen-bond donors (Lipinski definition) is 0. The zero-order valence-electron chi connectivity index (χ0n) is 10.7. The van der Waals surface area contributed by atoms with Gasteiger partial charge in [-0.2, -0.15) is 0 Å². The fourth-order valence-corrected chi connectivity index (χ4v) is 2.62. The first kappa shape index (κ1) is 12.0. The van der Waals surface area contributed by atoms with Gasteiger partial charge in [-0.15, -0.1) is 0 Å². The van der Waals surface area contributed by atoms with Crippen LogP contribution in [-0.2, 0) is 4.74 Å². The zero-order valence-corrected chi connectivity index (χ0v) is 10.7. The predicted octanol–water partition coefficient (Wildman–Crippen LogP) is 3.87. The van der Waals surface area contributed by atoms with Crippen molar-refractivity contribution in [3.05, 3.63) is 0 Å². The van der Waals surface area contributed by atoms with Gasteiger partial charge in [-0.05, 0) is 36.5 Å².